The molecule has 2 fully saturated rings. The van der Waals surface area contributed by atoms with E-state index in [0.29, 0.717) is 22.8 Å². The van der Waals surface area contributed by atoms with E-state index < -0.39 is 35.0 Å². The van der Waals surface area contributed by atoms with Crippen molar-refractivity contribution in [3.8, 4) is 5.75 Å². The Bertz CT molecular complexity index is 2310. The molecule has 0 aromatic heterocycles. The van der Waals surface area contributed by atoms with Crippen molar-refractivity contribution in [1.82, 2.24) is 0 Å². The Morgan fingerprint density at radius 2 is 0.944 bits per heavy atom. The first kappa shape index (κ1) is 33.3. The van der Waals surface area contributed by atoms with E-state index in [-0.39, 0.29) is 17.7 Å². The number of carbonyl (C=O) groups excluding carboxylic acids is 3. The highest BCUT2D eigenvalue weighted by molar-refractivity contribution is 6.23. The number of amides is 3. The number of benzene rings is 6. The first-order chi connectivity index (χ1) is 26.5. The maximum Gasteiger partial charge on any atom is 0.247 e. The molecule has 6 heteroatoms. The fraction of sp³-hybridized carbons (Fsp3) is 0.146. The Kier molecular flexibility index (Phi) is 8.31. The van der Waals surface area contributed by atoms with Crippen LogP contribution in [0.1, 0.15) is 34.1 Å². The topological polar surface area (TPSA) is 66.9 Å². The smallest absolute Gasteiger partial charge is 0.247 e. The van der Waals surface area contributed by atoms with Crippen molar-refractivity contribution in [2.75, 3.05) is 16.9 Å². The number of carbonyl (C=O) groups is 3. The average molecular weight is 707 g/mol. The van der Waals surface area contributed by atoms with Crippen molar-refractivity contribution in [2.45, 2.75) is 17.3 Å². The summed E-state index contributed by atoms with van der Waals surface area (Å²) in [6, 6.07) is 56.6. The van der Waals surface area contributed by atoms with Crippen LogP contribution in [0.5, 0.6) is 5.75 Å². The van der Waals surface area contributed by atoms with Crippen LogP contribution in [0.25, 0.3) is 0 Å². The van der Waals surface area contributed by atoms with Crippen LogP contribution in [-0.2, 0) is 19.8 Å². The molecule has 0 N–H and O–H groups in total. The third-order valence-electron chi connectivity index (χ3n) is 11.6. The quantitative estimate of drug-likeness (QED) is 0.156. The van der Waals surface area contributed by atoms with E-state index >= 15 is 14.4 Å². The van der Waals surface area contributed by atoms with E-state index in [0.717, 1.165) is 22.3 Å². The highest BCUT2D eigenvalue weighted by Gasteiger charge is 2.67. The van der Waals surface area contributed by atoms with Crippen LogP contribution in [0.2, 0.25) is 0 Å². The molecule has 6 nitrogen and oxygen atoms in total. The Morgan fingerprint density at radius 1 is 0.481 bits per heavy atom. The lowest BCUT2D eigenvalue weighted by Crippen LogP contribution is -2.62. The summed E-state index contributed by atoms with van der Waals surface area (Å²) in [7, 11) is 1.62. The standard InChI is InChI=1S/C48H38N2O4/c1-54-38-29-27-37(28-30-38)49-40-31-39(32-17-7-2-8-18-32)41-43(46(52)50(45(41)51)36-25-15-6-16-26-36)42(40)44(33-19-9-3-10-20-33)48(47(49)53,34-21-11-4-12-22-34)35-23-13-5-14-24-35/h2-31,39,41-44H,1H3/t39-,41-,42-,43-,44-/m1/s1. The Morgan fingerprint density at radius 3 is 1.48 bits per heavy atom. The molecule has 2 heterocycles. The van der Waals surface area contributed by atoms with Crippen LogP contribution in [-0.4, -0.2) is 24.8 Å². The molecule has 0 unspecified atom stereocenters. The van der Waals surface area contributed by atoms with Gasteiger partial charge < -0.3 is 4.74 Å². The lowest BCUT2D eigenvalue weighted by atomic mass is 9.51. The van der Waals surface area contributed by atoms with E-state index in [2.05, 4.69) is 18.2 Å². The number of hydrogen-bond donors (Lipinski definition) is 0. The molecule has 0 bridgehead atoms. The van der Waals surface area contributed by atoms with Crippen LogP contribution in [0.4, 0.5) is 11.4 Å². The van der Waals surface area contributed by atoms with Gasteiger partial charge in [-0.05, 0) is 58.7 Å². The summed E-state index contributed by atoms with van der Waals surface area (Å²) in [4.78, 5) is 50.0. The van der Waals surface area contributed by atoms with Crippen LogP contribution in [0.3, 0.4) is 0 Å². The van der Waals surface area contributed by atoms with E-state index in [9.17, 15) is 0 Å². The van der Waals surface area contributed by atoms with Crippen LogP contribution in [0.15, 0.2) is 188 Å². The number of fused-ring (bicyclic) bond motifs is 3. The summed E-state index contributed by atoms with van der Waals surface area (Å²) >= 11 is 0. The normalized spacial score (nSPS) is 23.0. The summed E-state index contributed by atoms with van der Waals surface area (Å²) < 4.78 is 5.55. The number of imide groups is 1. The fourth-order valence-electron chi connectivity index (χ4n) is 9.45. The zero-order valence-corrected chi connectivity index (χ0v) is 29.7. The lowest BCUT2D eigenvalue weighted by Gasteiger charge is -2.56. The Balaban J connectivity index is 1.41. The van der Waals surface area contributed by atoms with Gasteiger partial charge in [-0.1, -0.05) is 146 Å². The van der Waals surface area contributed by atoms with Gasteiger partial charge in [0.05, 0.1) is 24.6 Å². The fourth-order valence-corrected chi connectivity index (χ4v) is 9.45. The van der Waals surface area contributed by atoms with Gasteiger partial charge in [0, 0.05) is 29.1 Å². The number of anilines is 2. The van der Waals surface area contributed by atoms with Gasteiger partial charge in [-0.15, -0.1) is 0 Å². The van der Waals surface area contributed by atoms with Gasteiger partial charge in [-0.25, -0.2) is 0 Å². The SMILES string of the molecule is COc1ccc(N2C(=O)C(c3ccccc3)(c3ccccc3)[C@H](c3ccccc3)[C@@H]3C2=C[C@H](c2ccccc2)[C@H]2C(=O)N(c4ccccc4)C(=O)[C@@H]32)cc1. The Labute approximate surface area is 315 Å². The summed E-state index contributed by atoms with van der Waals surface area (Å²) in [5.74, 6) is -3.12. The van der Waals surface area contributed by atoms with Crippen molar-refractivity contribution in [3.05, 3.63) is 210 Å². The van der Waals surface area contributed by atoms with Gasteiger partial charge in [0.1, 0.15) is 11.2 Å². The highest BCUT2D eigenvalue weighted by Crippen LogP contribution is 2.63. The average Bonchev–Trinajstić information content (AvgIpc) is 3.50. The number of para-hydroxylation sites is 1. The molecule has 0 radical (unpaired) electrons. The second-order valence-electron chi connectivity index (χ2n) is 14.2. The number of piperidine rings is 1. The van der Waals surface area contributed by atoms with Gasteiger partial charge in [0.25, 0.3) is 0 Å². The van der Waals surface area contributed by atoms with Gasteiger partial charge in [-0.2, -0.15) is 0 Å². The second-order valence-corrected chi connectivity index (χ2v) is 14.2. The van der Waals surface area contributed by atoms with Crippen molar-refractivity contribution >= 4 is 29.1 Å². The number of allylic oxidation sites excluding steroid dienone is 2. The van der Waals surface area contributed by atoms with Crippen molar-refractivity contribution in [1.29, 1.82) is 0 Å². The van der Waals surface area contributed by atoms with E-state index in [4.69, 9.17) is 4.74 Å². The molecule has 6 aromatic carbocycles. The maximum atomic E-state index is 16.3. The van der Waals surface area contributed by atoms with Crippen LogP contribution >= 0.6 is 0 Å². The summed E-state index contributed by atoms with van der Waals surface area (Å²) in [5.41, 5.74) is 4.06. The molecule has 3 amide bonds. The summed E-state index contributed by atoms with van der Waals surface area (Å²) in [6.07, 6.45) is 2.11. The minimum atomic E-state index is -1.31. The molecule has 0 saturated carbocycles. The first-order valence-electron chi connectivity index (χ1n) is 18.4. The van der Waals surface area contributed by atoms with Gasteiger partial charge in [0.2, 0.25) is 17.7 Å². The number of nitrogens with zero attached hydrogens (tertiary/aromatic N) is 2. The van der Waals surface area contributed by atoms with Crippen molar-refractivity contribution in [2.24, 2.45) is 17.8 Å². The number of ether oxygens (including phenoxy) is 1. The molecule has 54 heavy (non-hydrogen) atoms. The molecule has 9 rings (SSSR count). The first-order valence-corrected chi connectivity index (χ1v) is 18.4. The molecule has 1 aliphatic carbocycles. The van der Waals surface area contributed by atoms with Gasteiger partial charge in [0.15, 0.2) is 0 Å². The minimum absolute atomic E-state index is 0.136. The second kappa shape index (κ2) is 13.5. The molecule has 5 atom stereocenters. The molecule has 2 saturated heterocycles. The molecule has 3 aliphatic rings. The third kappa shape index (κ3) is 5.05. The van der Waals surface area contributed by atoms with Gasteiger partial charge >= 0.3 is 0 Å². The molecule has 0 spiro atoms. The lowest BCUT2D eigenvalue weighted by molar-refractivity contribution is -0.129. The number of rotatable bonds is 7. The van der Waals surface area contributed by atoms with Crippen molar-refractivity contribution < 1.29 is 19.1 Å². The van der Waals surface area contributed by atoms with E-state index in [1.54, 1.807) is 7.11 Å². The largest absolute Gasteiger partial charge is 0.497 e. The van der Waals surface area contributed by atoms with Crippen molar-refractivity contribution in [3.63, 3.8) is 0 Å². The van der Waals surface area contributed by atoms with E-state index in [1.165, 1.54) is 4.90 Å². The van der Waals surface area contributed by atoms with Crippen LogP contribution < -0.4 is 14.5 Å². The molecular formula is C48H38N2O4. The predicted octanol–water partition coefficient (Wildman–Crippen LogP) is 8.92. The molecule has 264 valence electrons. The maximum absolute atomic E-state index is 16.3. The number of methoxy groups -OCH3 is 1. The summed E-state index contributed by atoms with van der Waals surface area (Å²) in [5, 5.41) is 0. The number of hydrogen-bond acceptors (Lipinski definition) is 4. The molecule has 2 aliphatic heterocycles. The minimum Gasteiger partial charge on any atom is -0.497 e. The summed E-state index contributed by atoms with van der Waals surface area (Å²) in [6.45, 7) is 0. The third-order valence-corrected chi connectivity index (χ3v) is 11.6. The highest BCUT2D eigenvalue weighted by atomic mass is 16.5. The zero-order chi connectivity index (χ0) is 36.8. The Hall–Kier alpha value is -6.53. The zero-order valence-electron chi connectivity index (χ0n) is 29.7. The van der Waals surface area contributed by atoms with Gasteiger partial charge in [-0.3, -0.25) is 24.2 Å². The van der Waals surface area contributed by atoms with E-state index in [1.807, 2.05) is 169 Å². The monoisotopic (exact) mass is 706 g/mol. The van der Waals surface area contributed by atoms with Crippen LogP contribution in [0, 0.1) is 17.8 Å². The molecular weight excluding hydrogens is 669 g/mol. The molecule has 6 aromatic rings. The predicted molar refractivity (Wildman–Crippen MR) is 210 cm³/mol.